The van der Waals surface area contributed by atoms with E-state index in [0.29, 0.717) is 30.3 Å². The minimum atomic E-state index is -0.123. The van der Waals surface area contributed by atoms with Crippen molar-refractivity contribution in [3.8, 4) is 17.2 Å². The Kier molecular flexibility index (Phi) is 6.54. The second-order valence-electron chi connectivity index (χ2n) is 5.83. The predicted molar refractivity (Wildman–Crippen MR) is 89.7 cm³/mol. The average Bonchev–Trinajstić information content (AvgIpc) is 2.64. The van der Waals surface area contributed by atoms with Crippen molar-refractivity contribution >= 4 is 6.03 Å². The number of nitrogens with zero attached hydrogens (tertiary/aromatic N) is 1. The largest absolute Gasteiger partial charge is 0.493 e. The Hall–Kier alpha value is -2.15. The molecule has 134 valence electrons. The van der Waals surface area contributed by atoms with Gasteiger partial charge in [-0.3, -0.25) is 0 Å². The number of likely N-dealkylation sites (tertiary alicyclic amines) is 1. The summed E-state index contributed by atoms with van der Waals surface area (Å²) in [6, 6.07) is 3.50. The van der Waals surface area contributed by atoms with Crippen molar-refractivity contribution in [2.45, 2.75) is 19.4 Å². The van der Waals surface area contributed by atoms with Gasteiger partial charge in [-0.05, 0) is 36.5 Å². The molecule has 0 radical (unpaired) electrons. The topological polar surface area (TPSA) is 80.3 Å². The van der Waals surface area contributed by atoms with E-state index in [2.05, 4.69) is 5.32 Å². The molecular weight excluding hydrogens is 312 g/mol. The number of urea groups is 1. The van der Waals surface area contributed by atoms with Crippen LogP contribution in [0.1, 0.15) is 18.4 Å². The Labute approximate surface area is 142 Å². The van der Waals surface area contributed by atoms with Crippen LogP contribution < -0.4 is 19.5 Å². The lowest BCUT2D eigenvalue weighted by Crippen LogP contribution is -2.45. The lowest BCUT2D eigenvalue weighted by Gasteiger charge is -2.31. The zero-order chi connectivity index (χ0) is 17.5. The normalized spacial score (nSPS) is 17.3. The molecule has 1 atom stereocenters. The van der Waals surface area contributed by atoms with Crippen LogP contribution in [0, 0.1) is 5.92 Å². The Morgan fingerprint density at radius 2 is 1.92 bits per heavy atom. The van der Waals surface area contributed by atoms with Crippen molar-refractivity contribution in [1.82, 2.24) is 10.2 Å². The third kappa shape index (κ3) is 4.23. The smallest absolute Gasteiger partial charge is 0.317 e. The van der Waals surface area contributed by atoms with E-state index in [1.54, 1.807) is 26.2 Å². The van der Waals surface area contributed by atoms with Gasteiger partial charge in [0.15, 0.2) is 11.5 Å². The summed E-state index contributed by atoms with van der Waals surface area (Å²) in [6.45, 7) is 1.79. The molecule has 0 spiro atoms. The van der Waals surface area contributed by atoms with Crippen LogP contribution in [0.2, 0.25) is 0 Å². The van der Waals surface area contributed by atoms with Crippen molar-refractivity contribution in [1.29, 1.82) is 0 Å². The highest BCUT2D eigenvalue weighted by Crippen LogP contribution is 2.38. The van der Waals surface area contributed by atoms with E-state index in [1.807, 2.05) is 12.1 Å². The van der Waals surface area contributed by atoms with Crippen LogP contribution in [0.3, 0.4) is 0 Å². The molecule has 0 aliphatic carbocycles. The number of nitrogens with one attached hydrogen (secondary N) is 1. The van der Waals surface area contributed by atoms with E-state index in [4.69, 9.17) is 14.2 Å². The lowest BCUT2D eigenvalue weighted by atomic mass is 9.99. The van der Waals surface area contributed by atoms with Crippen molar-refractivity contribution in [3.63, 3.8) is 0 Å². The van der Waals surface area contributed by atoms with Gasteiger partial charge in [-0.1, -0.05) is 0 Å². The van der Waals surface area contributed by atoms with Gasteiger partial charge in [0.05, 0.1) is 21.3 Å². The van der Waals surface area contributed by atoms with Crippen LogP contribution in [-0.2, 0) is 6.54 Å². The maximum absolute atomic E-state index is 12.3. The molecule has 7 nitrogen and oxygen atoms in total. The number of carbonyl (C=O) groups excluding carboxylic acids is 1. The number of methoxy groups -OCH3 is 3. The second-order valence-corrected chi connectivity index (χ2v) is 5.83. The van der Waals surface area contributed by atoms with Crippen LogP contribution in [0.5, 0.6) is 17.2 Å². The van der Waals surface area contributed by atoms with Crippen molar-refractivity contribution < 1.29 is 24.1 Å². The number of aliphatic hydroxyl groups is 1. The molecule has 2 rings (SSSR count). The molecule has 0 saturated carbocycles. The van der Waals surface area contributed by atoms with Gasteiger partial charge < -0.3 is 29.5 Å². The highest BCUT2D eigenvalue weighted by molar-refractivity contribution is 5.74. The summed E-state index contributed by atoms with van der Waals surface area (Å²) in [7, 11) is 4.67. The first-order valence-electron chi connectivity index (χ1n) is 8.05. The summed E-state index contributed by atoms with van der Waals surface area (Å²) in [6.07, 6.45) is 1.88. The third-order valence-corrected chi connectivity index (χ3v) is 4.23. The first kappa shape index (κ1) is 18.2. The quantitative estimate of drug-likeness (QED) is 0.824. The number of benzene rings is 1. The van der Waals surface area contributed by atoms with Gasteiger partial charge in [-0.2, -0.15) is 0 Å². The summed E-state index contributed by atoms with van der Waals surface area (Å²) in [5.41, 5.74) is 0.855. The molecule has 0 bridgehead atoms. The molecule has 7 heteroatoms. The van der Waals surface area contributed by atoms with Gasteiger partial charge in [0.25, 0.3) is 0 Å². The predicted octanol–water partition coefficient (Wildman–Crippen LogP) is 1.63. The van der Waals surface area contributed by atoms with E-state index in [-0.39, 0.29) is 18.6 Å². The first-order valence-corrected chi connectivity index (χ1v) is 8.05. The van der Waals surface area contributed by atoms with Crippen molar-refractivity contribution in [2.24, 2.45) is 5.92 Å². The number of hydrogen-bond donors (Lipinski definition) is 2. The zero-order valence-electron chi connectivity index (χ0n) is 14.5. The molecule has 24 heavy (non-hydrogen) atoms. The number of ether oxygens (including phenoxy) is 3. The van der Waals surface area contributed by atoms with E-state index in [9.17, 15) is 9.90 Å². The molecule has 1 saturated heterocycles. The van der Waals surface area contributed by atoms with Crippen molar-refractivity contribution in [2.75, 3.05) is 41.0 Å². The van der Waals surface area contributed by atoms with Gasteiger partial charge in [0.1, 0.15) is 0 Å². The van der Waals surface area contributed by atoms with E-state index in [0.717, 1.165) is 24.9 Å². The van der Waals surface area contributed by atoms with Crippen LogP contribution in [-0.4, -0.2) is 57.1 Å². The van der Waals surface area contributed by atoms with Gasteiger partial charge in [0.2, 0.25) is 5.75 Å². The number of aliphatic hydroxyl groups excluding tert-OH is 1. The molecule has 2 amide bonds. The van der Waals surface area contributed by atoms with Crippen LogP contribution >= 0.6 is 0 Å². The fraction of sp³-hybridized carbons (Fsp3) is 0.588. The third-order valence-electron chi connectivity index (χ3n) is 4.23. The fourth-order valence-corrected chi connectivity index (χ4v) is 2.93. The molecule has 2 N–H and O–H groups in total. The minimum Gasteiger partial charge on any atom is -0.493 e. The summed E-state index contributed by atoms with van der Waals surface area (Å²) in [5, 5.41) is 12.2. The molecule has 1 aromatic carbocycles. The first-order chi connectivity index (χ1) is 11.6. The molecule has 0 aromatic heterocycles. The molecule has 1 aromatic rings. The maximum atomic E-state index is 12.3. The van der Waals surface area contributed by atoms with E-state index >= 15 is 0 Å². The number of rotatable bonds is 6. The highest BCUT2D eigenvalue weighted by Gasteiger charge is 2.23. The zero-order valence-corrected chi connectivity index (χ0v) is 14.5. The molecule has 1 fully saturated rings. The Morgan fingerprint density at radius 3 is 2.46 bits per heavy atom. The summed E-state index contributed by atoms with van der Waals surface area (Å²) in [5.74, 6) is 1.81. The Bertz CT molecular complexity index is 539. The number of amides is 2. The van der Waals surface area contributed by atoms with Crippen molar-refractivity contribution in [3.05, 3.63) is 17.7 Å². The Morgan fingerprint density at radius 1 is 1.25 bits per heavy atom. The summed E-state index contributed by atoms with van der Waals surface area (Å²) in [4.78, 5) is 14.1. The maximum Gasteiger partial charge on any atom is 0.317 e. The molecular formula is C17H26N2O5. The number of carbonyl (C=O) groups is 1. The summed E-state index contributed by atoms with van der Waals surface area (Å²) >= 11 is 0. The Balaban J connectivity index is 2.02. The summed E-state index contributed by atoms with van der Waals surface area (Å²) < 4.78 is 15.9. The van der Waals surface area contributed by atoms with E-state index < -0.39 is 0 Å². The number of hydrogen-bond acceptors (Lipinski definition) is 5. The van der Waals surface area contributed by atoms with Gasteiger partial charge >= 0.3 is 6.03 Å². The average molecular weight is 338 g/mol. The second kappa shape index (κ2) is 8.63. The highest BCUT2D eigenvalue weighted by atomic mass is 16.5. The van der Waals surface area contributed by atoms with Crippen LogP contribution in [0.4, 0.5) is 4.79 Å². The van der Waals surface area contributed by atoms with E-state index in [1.165, 1.54) is 0 Å². The van der Waals surface area contributed by atoms with Crippen LogP contribution in [0.15, 0.2) is 12.1 Å². The lowest BCUT2D eigenvalue weighted by molar-refractivity contribution is 0.129. The van der Waals surface area contributed by atoms with Gasteiger partial charge in [-0.15, -0.1) is 0 Å². The SMILES string of the molecule is COc1cc(CNC(=O)N2CCCC(CO)C2)cc(OC)c1OC. The standard InChI is InChI=1S/C17H26N2O5/c1-22-14-7-13(8-15(23-2)16(14)24-3)9-18-17(21)19-6-4-5-12(10-19)11-20/h7-8,12,20H,4-6,9-11H2,1-3H3,(H,18,21). The molecule has 1 aliphatic heterocycles. The van der Waals surface area contributed by atoms with Crippen LogP contribution in [0.25, 0.3) is 0 Å². The minimum absolute atomic E-state index is 0.122. The fourth-order valence-electron chi connectivity index (χ4n) is 2.93. The van der Waals surface area contributed by atoms with Gasteiger partial charge in [0, 0.05) is 26.2 Å². The molecule has 1 heterocycles. The number of piperidine rings is 1. The monoisotopic (exact) mass is 338 g/mol. The molecule has 1 unspecified atom stereocenters. The molecule has 1 aliphatic rings. The van der Waals surface area contributed by atoms with Gasteiger partial charge in [-0.25, -0.2) is 4.79 Å².